The standard InChI is InChI=1S/C11H14N4O2/c1-7-8(5-12-14(7)2)11(16)10-9(17-4)6-13-15(10)3/h5-6H,1-4H3. The van der Waals surface area contributed by atoms with Crippen molar-refractivity contribution in [3.8, 4) is 5.75 Å². The summed E-state index contributed by atoms with van der Waals surface area (Å²) in [5.74, 6) is 0.341. The van der Waals surface area contributed by atoms with Gasteiger partial charge in [0.1, 0.15) is 0 Å². The number of ketones is 1. The van der Waals surface area contributed by atoms with Crippen molar-refractivity contribution in [2.45, 2.75) is 6.92 Å². The first-order chi connectivity index (χ1) is 8.06. The van der Waals surface area contributed by atoms with Gasteiger partial charge in [-0.15, -0.1) is 0 Å². The molecule has 6 heteroatoms. The average Bonchev–Trinajstić information content (AvgIpc) is 2.83. The number of ether oxygens (including phenoxy) is 1. The van der Waals surface area contributed by atoms with Crippen LogP contribution in [0.4, 0.5) is 0 Å². The summed E-state index contributed by atoms with van der Waals surface area (Å²) in [6.45, 7) is 1.85. The van der Waals surface area contributed by atoms with Gasteiger partial charge >= 0.3 is 0 Å². The molecule has 2 rings (SSSR count). The van der Waals surface area contributed by atoms with Gasteiger partial charge in [0.15, 0.2) is 11.4 Å². The van der Waals surface area contributed by atoms with Crippen molar-refractivity contribution in [2.24, 2.45) is 14.1 Å². The largest absolute Gasteiger partial charge is 0.493 e. The highest BCUT2D eigenvalue weighted by Gasteiger charge is 2.22. The van der Waals surface area contributed by atoms with E-state index in [4.69, 9.17) is 4.74 Å². The summed E-state index contributed by atoms with van der Waals surface area (Å²) in [7, 11) is 5.03. The minimum atomic E-state index is -0.132. The first-order valence-corrected chi connectivity index (χ1v) is 5.15. The summed E-state index contributed by atoms with van der Waals surface area (Å²) >= 11 is 0. The molecular formula is C11H14N4O2. The van der Waals surface area contributed by atoms with Gasteiger partial charge in [-0.1, -0.05) is 0 Å². The third kappa shape index (κ3) is 1.71. The number of aromatic nitrogens is 4. The number of methoxy groups -OCH3 is 1. The molecule has 2 aromatic heterocycles. The van der Waals surface area contributed by atoms with Crippen LogP contribution in [0.1, 0.15) is 21.7 Å². The number of hydrogen-bond donors (Lipinski definition) is 0. The normalized spacial score (nSPS) is 10.6. The van der Waals surface area contributed by atoms with Gasteiger partial charge in [-0.3, -0.25) is 14.2 Å². The molecule has 0 saturated carbocycles. The Kier molecular flexibility index (Phi) is 2.71. The molecule has 17 heavy (non-hydrogen) atoms. The number of carbonyl (C=O) groups is 1. The number of carbonyl (C=O) groups excluding carboxylic acids is 1. The number of rotatable bonds is 3. The zero-order valence-corrected chi connectivity index (χ0v) is 10.3. The van der Waals surface area contributed by atoms with Gasteiger partial charge in [0.05, 0.1) is 25.1 Å². The molecule has 0 aliphatic heterocycles. The Balaban J connectivity index is 2.51. The molecule has 90 valence electrons. The van der Waals surface area contributed by atoms with Gasteiger partial charge in [0.25, 0.3) is 0 Å². The first-order valence-electron chi connectivity index (χ1n) is 5.15. The average molecular weight is 234 g/mol. The fourth-order valence-electron chi connectivity index (χ4n) is 1.67. The molecule has 0 atom stereocenters. The summed E-state index contributed by atoms with van der Waals surface area (Å²) in [5, 5.41) is 8.07. The Morgan fingerprint density at radius 2 is 1.88 bits per heavy atom. The molecular weight excluding hydrogens is 220 g/mol. The fourth-order valence-corrected chi connectivity index (χ4v) is 1.67. The molecule has 0 N–H and O–H groups in total. The van der Waals surface area contributed by atoms with Crippen LogP contribution in [0.15, 0.2) is 12.4 Å². The van der Waals surface area contributed by atoms with E-state index in [1.54, 1.807) is 25.0 Å². The first kappa shape index (κ1) is 11.4. The molecule has 2 heterocycles. The zero-order chi connectivity index (χ0) is 12.6. The topological polar surface area (TPSA) is 61.9 Å². The summed E-state index contributed by atoms with van der Waals surface area (Å²) in [4.78, 5) is 12.3. The lowest BCUT2D eigenvalue weighted by Gasteiger charge is -2.04. The molecule has 0 bridgehead atoms. The smallest absolute Gasteiger partial charge is 0.218 e. The molecule has 0 radical (unpaired) electrons. The van der Waals surface area contributed by atoms with Crippen molar-refractivity contribution < 1.29 is 9.53 Å². The molecule has 0 fully saturated rings. The van der Waals surface area contributed by atoms with Crippen molar-refractivity contribution >= 4 is 5.78 Å². The molecule has 0 amide bonds. The highest BCUT2D eigenvalue weighted by Crippen LogP contribution is 2.21. The van der Waals surface area contributed by atoms with Crippen LogP contribution < -0.4 is 4.74 Å². The van der Waals surface area contributed by atoms with E-state index >= 15 is 0 Å². The lowest BCUT2D eigenvalue weighted by atomic mass is 10.1. The third-order valence-electron chi connectivity index (χ3n) is 2.82. The van der Waals surface area contributed by atoms with Crippen molar-refractivity contribution in [3.05, 3.63) is 29.3 Å². The SMILES string of the molecule is COc1cnn(C)c1C(=O)c1cnn(C)c1C. The molecule has 0 aliphatic rings. The Bertz CT molecular complexity index is 568. The van der Waals surface area contributed by atoms with Gasteiger partial charge in [-0.05, 0) is 6.92 Å². The van der Waals surface area contributed by atoms with E-state index in [0.29, 0.717) is 17.0 Å². The van der Waals surface area contributed by atoms with E-state index in [2.05, 4.69) is 10.2 Å². The van der Waals surface area contributed by atoms with E-state index in [0.717, 1.165) is 5.69 Å². The Hall–Kier alpha value is -2.11. The number of aryl methyl sites for hydroxylation is 2. The second kappa shape index (κ2) is 4.04. The molecule has 2 aromatic rings. The van der Waals surface area contributed by atoms with E-state index in [1.165, 1.54) is 18.0 Å². The van der Waals surface area contributed by atoms with Gasteiger partial charge < -0.3 is 4.74 Å². The van der Waals surface area contributed by atoms with Crippen LogP contribution in [-0.4, -0.2) is 32.5 Å². The van der Waals surface area contributed by atoms with E-state index in [9.17, 15) is 4.79 Å². The van der Waals surface area contributed by atoms with Crippen molar-refractivity contribution in [1.82, 2.24) is 19.6 Å². The fraction of sp³-hybridized carbons (Fsp3) is 0.364. The minimum absolute atomic E-state index is 0.132. The van der Waals surface area contributed by atoms with E-state index < -0.39 is 0 Å². The maximum absolute atomic E-state index is 12.3. The molecule has 0 aliphatic carbocycles. The van der Waals surface area contributed by atoms with Crippen LogP contribution in [0.25, 0.3) is 0 Å². The summed E-state index contributed by atoms with van der Waals surface area (Å²) in [5.41, 5.74) is 1.82. The highest BCUT2D eigenvalue weighted by molar-refractivity contribution is 6.10. The Morgan fingerprint density at radius 3 is 2.41 bits per heavy atom. The predicted molar refractivity (Wildman–Crippen MR) is 61.1 cm³/mol. The minimum Gasteiger partial charge on any atom is -0.493 e. The number of nitrogens with zero attached hydrogens (tertiary/aromatic N) is 4. The molecule has 0 unspecified atom stereocenters. The summed E-state index contributed by atoms with van der Waals surface area (Å²) in [6.07, 6.45) is 3.09. The van der Waals surface area contributed by atoms with E-state index in [1.807, 2.05) is 6.92 Å². The van der Waals surface area contributed by atoms with Crippen LogP contribution in [-0.2, 0) is 14.1 Å². The molecule has 0 saturated heterocycles. The predicted octanol–water partition coefficient (Wildman–Crippen LogP) is 0.702. The second-order valence-electron chi connectivity index (χ2n) is 3.78. The molecule has 6 nitrogen and oxygen atoms in total. The monoisotopic (exact) mass is 234 g/mol. The van der Waals surface area contributed by atoms with Crippen LogP contribution in [0.3, 0.4) is 0 Å². The zero-order valence-electron chi connectivity index (χ0n) is 10.3. The lowest BCUT2D eigenvalue weighted by Crippen LogP contribution is -2.10. The molecule has 0 spiro atoms. The quantitative estimate of drug-likeness (QED) is 0.733. The maximum atomic E-state index is 12.3. The van der Waals surface area contributed by atoms with Gasteiger partial charge in [-0.25, -0.2) is 0 Å². The van der Waals surface area contributed by atoms with Crippen molar-refractivity contribution in [1.29, 1.82) is 0 Å². The van der Waals surface area contributed by atoms with Crippen molar-refractivity contribution in [2.75, 3.05) is 7.11 Å². The molecule has 0 aromatic carbocycles. The Labute approximate surface area is 98.8 Å². The van der Waals surface area contributed by atoms with Crippen LogP contribution in [0.5, 0.6) is 5.75 Å². The lowest BCUT2D eigenvalue weighted by molar-refractivity contribution is 0.102. The van der Waals surface area contributed by atoms with Crippen LogP contribution in [0, 0.1) is 6.92 Å². The van der Waals surface area contributed by atoms with E-state index in [-0.39, 0.29) is 5.78 Å². The summed E-state index contributed by atoms with van der Waals surface area (Å²) < 4.78 is 8.29. The highest BCUT2D eigenvalue weighted by atomic mass is 16.5. The number of hydrogen-bond acceptors (Lipinski definition) is 4. The van der Waals surface area contributed by atoms with Gasteiger partial charge in [0, 0.05) is 19.8 Å². The van der Waals surface area contributed by atoms with Gasteiger partial charge in [-0.2, -0.15) is 10.2 Å². The van der Waals surface area contributed by atoms with Crippen LogP contribution in [0.2, 0.25) is 0 Å². The maximum Gasteiger partial charge on any atom is 0.218 e. The van der Waals surface area contributed by atoms with Crippen molar-refractivity contribution in [3.63, 3.8) is 0 Å². The summed E-state index contributed by atoms with van der Waals surface area (Å²) in [6, 6.07) is 0. The van der Waals surface area contributed by atoms with Gasteiger partial charge in [0.2, 0.25) is 5.78 Å². The van der Waals surface area contributed by atoms with Crippen LogP contribution >= 0.6 is 0 Å². The Morgan fingerprint density at radius 1 is 1.24 bits per heavy atom. The third-order valence-corrected chi connectivity index (χ3v) is 2.82. The second-order valence-corrected chi connectivity index (χ2v) is 3.78.